The van der Waals surface area contributed by atoms with Gasteiger partial charge in [0, 0.05) is 18.7 Å². The lowest BCUT2D eigenvalue weighted by molar-refractivity contribution is 0.0682. The number of amides is 1. The number of carbonyl (C=O) groups is 1. The molecule has 1 atom stereocenters. The third kappa shape index (κ3) is 2.57. The summed E-state index contributed by atoms with van der Waals surface area (Å²) in [6.45, 7) is 4.78. The minimum Gasteiger partial charge on any atom is -0.486 e. The van der Waals surface area contributed by atoms with E-state index in [2.05, 4.69) is 6.92 Å². The van der Waals surface area contributed by atoms with E-state index in [1.807, 2.05) is 4.90 Å². The Morgan fingerprint density at radius 1 is 1.35 bits per heavy atom. The van der Waals surface area contributed by atoms with Crippen LogP contribution in [0.4, 0.5) is 0 Å². The zero-order chi connectivity index (χ0) is 14.1. The molecule has 0 bridgehead atoms. The van der Waals surface area contributed by atoms with Crippen LogP contribution >= 0.6 is 11.6 Å². The second kappa shape index (κ2) is 5.52. The van der Waals surface area contributed by atoms with E-state index in [0.29, 0.717) is 41.2 Å². The molecule has 0 aromatic heterocycles. The highest BCUT2D eigenvalue weighted by Gasteiger charge is 2.25. The van der Waals surface area contributed by atoms with E-state index in [1.54, 1.807) is 12.1 Å². The first-order valence-electron chi connectivity index (χ1n) is 7.03. The average Bonchev–Trinajstić information content (AvgIpc) is 2.46. The lowest BCUT2D eigenvalue weighted by Crippen LogP contribution is -2.39. The van der Waals surface area contributed by atoms with Crippen LogP contribution in [0.3, 0.4) is 0 Å². The van der Waals surface area contributed by atoms with Crippen LogP contribution in [0.25, 0.3) is 0 Å². The molecule has 1 aromatic rings. The van der Waals surface area contributed by atoms with Gasteiger partial charge in [0.05, 0.1) is 5.02 Å². The van der Waals surface area contributed by atoms with E-state index in [0.717, 1.165) is 19.5 Å². The quantitative estimate of drug-likeness (QED) is 0.799. The monoisotopic (exact) mass is 295 g/mol. The number of fused-ring (bicyclic) bond motifs is 1. The summed E-state index contributed by atoms with van der Waals surface area (Å²) in [5.41, 5.74) is 0.577. The molecule has 1 saturated heterocycles. The van der Waals surface area contributed by atoms with Gasteiger partial charge in [0.25, 0.3) is 5.91 Å². The highest BCUT2D eigenvalue weighted by Crippen LogP contribution is 2.38. The van der Waals surface area contributed by atoms with Crippen molar-refractivity contribution < 1.29 is 14.3 Å². The summed E-state index contributed by atoms with van der Waals surface area (Å²) in [7, 11) is 0. The van der Waals surface area contributed by atoms with Crippen LogP contribution in [0.1, 0.15) is 30.1 Å². The molecule has 0 radical (unpaired) electrons. The fourth-order valence-electron chi connectivity index (χ4n) is 2.79. The number of ether oxygens (including phenoxy) is 2. The number of likely N-dealkylation sites (tertiary alicyclic amines) is 1. The first-order valence-corrected chi connectivity index (χ1v) is 7.41. The Bertz CT molecular complexity index is 532. The van der Waals surface area contributed by atoms with E-state index in [9.17, 15) is 4.79 Å². The van der Waals surface area contributed by atoms with Gasteiger partial charge in [-0.25, -0.2) is 0 Å². The Hall–Kier alpha value is -1.42. The van der Waals surface area contributed by atoms with E-state index in [4.69, 9.17) is 21.1 Å². The normalized spacial score (nSPS) is 21.7. The second-order valence-electron chi connectivity index (χ2n) is 5.48. The lowest BCUT2D eigenvalue weighted by atomic mass is 9.99. The summed E-state index contributed by atoms with van der Waals surface area (Å²) in [5.74, 6) is 1.69. The van der Waals surface area contributed by atoms with Crippen molar-refractivity contribution in [1.29, 1.82) is 0 Å². The summed E-state index contributed by atoms with van der Waals surface area (Å²) >= 11 is 6.18. The number of nitrogens with zero attached hydrogens (tertiary/aromatic N) is 1. The minimum atomic E-state index is 0.0235. The first kappa shape index (κ1) is 13.6. The molecule has 20 heavy (non-hydrogen) atoms. The molecule has 0 aliphatic carbocycles. The van der Waals surface area contributed by atoms with Gasteiger partial charge in [-0.05, 0) is 30.9 Å². The van der Waals surface area contributed by atoms with E-state index in [1.165, 1.54) is 6.42 Å². The number of piperidine rings is 1. The van der Waals surface area contributed by atoms with Gasteiger partial charge in [0.1, 0.15) is 13.2 Å². The molecule has 108 valence electrons. The number of hydrogen-bond donors (Lipinski definition) is 0. The van der Waals surface area contributed by atoms with Gasteiger partial charge in [-0.1, -0.05) is 18.5 Å². The van der Waals surface area contributed by atoms with Crippen LogP contribution in [-0.2, 0) is 0 Å². The van der Waals surface area contributed by atoms with Crippen molar-refractivity contribution in [3.8, 4) is 11.5 Å². The minimum absolute atomic E-state index is 0.0235. The number of carbonyl (C=O) groups excluding carboxylic acids is 1. The highest BCUT2D eigenvalue weighted by molar-refractivity contribution is 6.32. The molecule has 0 N–H and O–H groups in total. The molecule has 5 heteroatoms. The maximum Gasteiger partial charge on any atom is 0.254 e. The second-order valence-corrected chi connectivity index (χ2v) is 5.89. The fourth-order valence-corrected chi connectivity index (χ4v) is 3.06. The standard InChI is InChI=1S/C15H18ClNO3/c1-10-3-2-4-17(9-10)15(18)11-7-12(16)14-13(8-11)19-5-6-20-14/h7-8,10H,2-6,9H2,1H3. The molecule has 1 aromatic carbocycles. The zero-order valence-corrected chi connectivity index (χ0v) is 12.3. The van der Waals surface area contributed by atoms with Gasteiger partial charge in [0.2, 0.25) is 0 Å². The molecule has 1 unspecified atom stereocenters. The van der Waals surface area contributed by atoms with Gasteiger partial charge in [-0.2, -0.15) is 0 Å². The van der Waals surface area contributed by atoms with Gasteiger partial charge in [-0.15, -0.1) is 0 Å². The molecule has 1 amide bonds. The van der Waals surface area contributed by atoms with Crippen molar-refractivity contribution in [3.05, 3.63) is 22.7 Å². The van der Waals surface area contributed by atoms with E-state index >= 15 is 0 Å². The molecule has 2 aliphatic heterocycles. The van der Waals surface area contributed by atoms with E-state index in [-0.39, 0.29) is 5.91 Å². The Labute approximate surface area is 123 Å². The third-order valence-electron chi connectivity index (χ3n) is 3.79. The Morgan fingerprint density at radius 2 is 2.15 bits per heavy atom. The lowest BCUT2D eigenvalue weighted by Gasteiger charge is -2.31. The van der Waals surface area contributed by atoms with Crippen LogP contribution in [0.5, 0.6) is 11.5 Å². The zero-order valence-electron chi connectivity index (χ0n) is 11.5. The predicted molar refractivity (Wildman–Crippen MR) is 76.7 cm³/mol. The Kier molecular flexibility index (Phi) is 3.74. The van der Waals surface area contributed by atoms with Gasteiger partial charge >= 0.3 is 0 Å². The molecule has 0 saturated carbocycles. The third-order valence-corrected chi connectivity index (χ3v) is 4.07. The van der Waals surface area contributed by atoms with Crippen LogP contribution < -0.4 is 9.47 Å². The highest BCUT2D eigenvalue weighted by atomic mass is 35.5. The topological polar surface area (TPSA) is 38.8 Å². The summed E-state index contributed by atoms with van der Waals surface area (Å²) in [6, 6.07) is 3.42. The number of halogens is 1. The summed E-state index contributed by atoms with van der Waals surface area (Å²) in [6.07, 6.45) is 2.25. The molecule has 3 rings (SSSR count). The molecule has 1 fully saturated rings. The Morgan fingerprint density at radius 3 is 2.95 bits per heavy atom. The van der Waals surface area contributed by atoms with Crippen molar-refractivity contribution in [2.45, 2.75) is 19.8 Å². The van der Waals surface area contributed by atoms with Crippen LogP contribution in [0.2, 0.25) is 5.02 Å². The van der Waals surface area contributed by atoms with Gasteiger partial charge in [0.15, 0.2) is 11.5 Å². The Balaban J connectivity index is 1.86. The molecule has 4 nitrogen and oxygen atoms in total. The molecular formula is C15H18ClNO3. The average molecular weight is 296 g/mol. The predicted octanol–water partition coefficient (Wildman–Crippen LogP) is 2.98. The first-order chi connectivity index (χ1) is 9.65. The van der Waals surface area contributed by atoms with Crippen LogP contribution in [-0.4, -0.2) is 37.1 Å². The fraction of sp³-hybridized carbons (Fsp3) is 0.533. The maximum absolute atomic E-state index is 12.6. The van der Waals surface area contributed by atoms with Crippen molar-refractivity contribution in [3.63, 3.8) is 0 Å². The molecule has 2 aliphatic rings. The number of hydrogen-bond acceptors (Lipinski definition) is 3. The molecule has 2 heterocycles. The number of benzene rings is 1. The van der Waals surface area contributed by atoms with Crippen molar-refractivity contribution in [1.82, 2.24) is 4.90 Å². The van der Waals surface area contributed by atoms with Gasteiger partial charge in [-0.3, -0.25) is 4.79 Å². The van der Waals surface area contributed by atoms with E-state index < -0.39 is 0 Å². The van der Waals surface area contributed by atoms with Gasteiger partial charge < -0.3 is 14.4 Å². The summed E-state index contributed by atoms with van der Waals surface area (Å²) in [4.78, 5) is 14.5. The summed E-state index contributed by atoms with van der Waals surface area (Å²) < 4.78 is 11.0. The summed E-state index contributed by atoms with van der Waals surface area (Å²) in [5, 5.41) is 0.440. The maximum atomic E-state index is 12.6. The van der Waals surface area contributed by atoms with Crippen molar-refractivity contribution in [2.75, 3.05) is 26.3 Å². The van der Waals surface area contributed by atoms with Crippen molar-refractivity contribution >= 4 is 17.5 Å². The van der Waals surface area contributed by atoms with Crippen LogP contribution in [0.15, 0.2) is 12.1 Å². The molecule has 0 spiro atoms. The SMILES string of the molecule is CC1CCCN(C(=O)c2cc(Cl)c3c(c2)OCCO3)C1. The number of rotatable bonds is 1. The largest absolute Gasteiger partial charge is 0.486 e. The van der Waals surface area contributed by atoms with Crippen molar-refractivity contribution in [2.24, 2.45) is 5.92 Å². The van der Waals surface area contributed by atoms with Crippen LogP contribution in [0, 0.1) is 5.92 Å². The molecular weight excluding hydrogens is 278 g/mol. The smallest absolute Gasteiger partial charge is 0.254 e.